The average molecular weight is 184 g/mol. The Morgan fingerprint density at radius 1 is 1.50 bits per heavy atom. The third kappa shape index (κ3) is 3.11. The lowest BCUT2D eigenvalue weighted by Gasteiger charge is -1.99. The van der Waals surface area contributed by atoms with Crippen molar-refractivity contribution in [1.29, 1.82) is 0 Å². The first-order valence-electron chi connectivity index (χ1n) is 3.79. The highest BCUT2D eigenvalue weighted by molar-refractivity contribution is 7.99. The molecule has 0 aliphatic heterocycles. The predicted octanol–water partition coefficient (Wildman–Crippen LogP) is 1.14. The zero-order chi connectivity index (χ0) is 8.81. The highest BCUT2D eigenvalue weighted by Crippen LogP contribution is 2.16. The van der Waals surface area contributed by atoms with Crippen molar-refractivity contribution in [3.8, 4) is 0 Å². The van der Waals surface area contributed by atoms with Gasteiger partial charge in [-0.15, -0.1) is 11.8 Å². The Morgan fingerprint density at radius 2 is 2.33 bits per heavy atom. The molecular weight excluding hydrogens is 172 g/mol. The van der Waals surface area contributed by atoms with Crippen LogP contribution in [0.2, 0.25) is 0 Å². The van der Waals surface area contributed by atoms with E-state index in [4.69, 9.17) is 10.8 Å². The summed E-state index contributed by atoms with van der Waals surface area (Å²) in [5.74, 6) is 1.43. The summed E-state index contributed by atoms with van der Waals surface area (Å²) in [4.78, 5) is 4.10. The van der Waals surface area contributed by atoms with E-state index in [1.54, 1.807) is 17.8 Å². The lowest BCUT2D eigenvalue weighted by Crippen LogP contribution is -1.91. The van der Waals surface area contributed by atoms with Crippen LogP contribution in [0.25, 0.3) is 0 Å². The summed E-state index contributed by atoms with van der Waals surface area (Å²) < 4.78 is 0. The van der Waals surface area contributed by atoms with E-state index in [0.717, 1.165) is 17.2 Å². The number of hydrogen-bond acceptors (Lipinski definition) is 4. The summed E-state index contributed by atoms with van der Waals surface area (Å²) in [7, 11) is 0. The second kappa shape index (κ2) is 5.00. The number of pyridine rings is 1. The number of rotatable bonds is 4. The molecule has 1 heterocycles. The fourth-order valence-corrected chi connectivity index (χ4v) is 1.58. The van der Waals surface area contributed by atoms with Crippen LogP contribution in [0, 0.1) is 0 Å². The van der Waals surface area contributed by atoms with E-state index in [1.807, 2.05) is 12.1 Å². The number of nitrogens with zero attached hydrogens (tertiary/aromatic N) is 1. The summed E-state index contributed by atoms with van der Waals surface area (Å²) in [5.41, 5.74) is 5.49. The molecule has 0 aliphatic rings. The lowest BCUT2D eigenvalue weighted by atomic mass is 10.5. The van der Waals surface area contributed by atoms with Crippen molar-refractivity contribution in [2.24, 2.45) is 0 Å². The second-order valence-corrected chi connectivity index (χ2v) is 3.44. The van der Waals surface area contributed by atoms with Crippen molar-refractivity contribution in [1.82, 2.24) is 4.98 Å². The van der Waals surface area contributed by atoms with Gasteiger partial charge in [-0.1, -0.05) is 6.07 Å². The third-order valence-electron chi connectivity index (χ3n) is 1.30. The normalized spacial score (nSPS) is 10.1. The van der Waals surface area contributed by atoms with E-state index in [-0.39, 0.29) is 6.61 Å². The van der Waals surface area contributed by atoms with Gasteiger partial charge in [-0.2, -0.15) is 0 Å². The van der Waals surface area contributed by atoms with Crippen LogP contribution in [0.3, 0.4) is 0 Å². The van der Waals surface area contributed by atoms with Gasteiger partial charge in [0.15, 0.2) is 0 Å². The van der Waals surface area contributed by atoms with Crippen LogP contribution in [0.15, 0.2) is 23.2 Å². The minimum absolute atomic E-state index is 0.231. The van der Waals surface area contributed by atoms with Crippen molar-refractivity contribution < 1.29 is 5.11 Å². The molecule has 0 fully saturated rings. The van der Waals surface area contributed by atoms with Gasteiger partial charge < -0.3 is 10.8 Å². The molecule has 0 unspecified atom stereocenters. The SMILES string of the molecule is Nc1cccc(SCCCO)n1. The van der Waals surface area contributed by atoms with Crippen LogP contribution in [-0.4, -0.2) is 22.5 Å². The Labute approximate surface area is 76.0 Å². The summed E-state index contributed by atoms with van der Waals surface area (Å²) in [6.45, 7) is 0.231. The van der Waals surface area contributed by atoms with Gasteiger partial charge >= 0.3 is 0 Å². The maximum atomic E-state index is 8.54. The topological polar surface area (TPSA) is 59.1 Å². The standard InChI is InChI=1S/C8H12N2OS/c9-7-3-1-4-8(10-7)12-6-2-5-11/h1,3-4,11H,2,5-6H2,(H2,9,10). The number of aliphatic hydroxyl groups is 1. The van der Waals surface area contributed by atoms with E-state index in [9.17, 15) is 0 Å². The molecule has 0 atom stereocenters. The Bertz CT molecular complexity index is 242. The maximum absolute atomic E-state index is 8.54. The molecule has 0 amide bonds. The highest BCUT2D eigenvalue weighted by Gasteiger charge is 1.94. The molecular formula is C8H12N2OS. The van der Waals surface area contributed by atoms with Gasteiger partial charge in [0.1, 0.15) is 5.82 Å². The molecule has 1 rings (SSSR count). The van der Waals surface area contributed by atoms with Gasteiger partial charge in [-0.25, -0.2) is 4.98 Å². The monoisotopic (exact) mass is 184 g/mol. The van der Waals surface area contributed by atoms with E-state index in [1.165, 1.54) is 0 Å². The summed E-state index contributed by atoms with van der Waals surface area (Å²) in [6, 6.07) is 5.55. The smallest absolute Gasteiger partial charge is 0.124 e. The minimum atomic E-state index is 0.231. The van der Waals surface area contributed by atoms with Crippen LogP contribution >= 0.6 is 11.8 Å². The fraction of sp³-hybridized carbons (Fsp3) is 0.375. The third-order valence-corrected chi connectivity index (χ3v) is 2.31. The van der Waals surface area contributed by atoms with E-state index >= 15 is 0 Å². The molecule has 0 saturated heterocycles. The number of hydrogen-bond donors (Lipinski definition) is 2. The zero-order valence-electron chi connectivity index (χ0n) is 6.73. The minimum Gasteiger partial charge on any atom is -0.396 e. The first-order chi connectivity index (χ1) is 5.83. The van der Waals surface area contributed by atoms with E-state index < -0.39 is 0 Å². The van der Waals surface area contributed by atoms with Gasteiger partial charge in [0.25, 0.3) is 0 Å². The van der Waals surface area contributed by atoms with Crippen LogP contribution in [-0.2, 0) is 0 Å². The summed E-state index contributed by atoms with van der Waals surface area (Å²) >= 11 is 1.61. The number of nitrogen functional groups attached to an aromatic ring is 1. The number of nitrogens with two attached hydrogens (primary N) is 1. The molecule has 1 aromatic rings. The Kier molecular flexibility index (Phi) is 3.90. The van der Waals surface area contributed by atoms with Gasteiger partial charge in [-0.3, -0.25) is 0 Å². The molecule has 4 heteroatoms. The van der Waals surface area contributed by atoms with Crippen molar-refractivity contribution in [3.05, 3.63) is 18.2 Å². The molecule has 0 aliphatic carbocycles. The molecule has 0 saturated carbocycles. The van der Waals surface area contributed by atoms with Crippen LogP contribution < -0.4 is 5.73 Å². The Morgan fingerprint density at radius 3 is 3.00 bits per heavy atom. The Hall–Kier alpha value is -0.740. The molecule has 0 bridgehead atoms. The molecule has 0 spiro atoms. The fourth-order valence-electron chi connectivity index (χ4n) is 0.752. The summed E-state index contributed by atoms with van der Waals surface area (Å²) in [5, 5.41) is 9.46. The summed E-state index contributed by atoms with van der Waals surface area (Å²) in [6.07, 6.45) is 0.793. The van der Waals surface area contributed by atoms with Crippen molar-refractivity contribution >= 4 is 17.6 Å². The molecule has 3 nitrogen and oxygen atoms in total. The maximum Gasteiger partial charge on any atom is 0.124 e. The molecule has 12 heavy (non-hydrogen) atoms. The largest absolute Gasteiger partial charge is 0.396 e. The molecule has 1 aromatic heterocycles. The molecule has 0 radical (unpaired) electrons. The van der Waals surface area contributed by atoms with E-state index in [2.05, 4.69) is 4.98 Å². The van der Waals surface area contributed by atoms with Crippen molar-refractivity contribution in [2.45, 2.75) is 11.4 Å². The first-order valence-corrected chi connectivity index (χ1v) is 4.77. The van der Waals surface area contributed by atoms with Crippen molar-refractivity contribution in [3.63, 3.8) is 0 Å². The zero-order valence-corrected chi connectivity index (χ0v) is 7.55. The Balaban J connectivity index is 2.41. The molecule has 3 N–H and O–H groups in total. The van der Waals surface area contributed by atoms with E-state index in [0.29, 0.717) is 5.82 Å². The second-order valence-electron chi connectivity index (χ2n) is 2.33. The highest BCUT2D eigenvalue weighted by atomic mass is 32.2. The van der Waals surface area contributed by atoms with Gasteiger partial charge in [0.05, 0.1) is 5.03 Å². The van der Waals surface area contributed by atoms with Crippen LogP contribution in [0.4, 0.5) is 5.82 Å². The quantitative estimate of drug-likeness (QED) is 0.544. The van der Waals surface area contributed by atoms with Crippen molar-refractivity contribution in [2.75, 3.05) is 18.1 Å². The number of anilines is 1. The molecule has 66 valence electrons. The van der Waals surface area contributed by atoms with Crippen LogP contribution in [0.1, 0.15) is 6.42 Å². The lowest BCUT2D eigenvalue weighted by molar-refractivity contribution is 0.296. The number of aromatic nitrogens is 1. The van der Waals surface area contributed by atoms with Gasteiger partial charge in [0.2, 0.25) is 0 Å². The number of aliphatic hydroxyl groups excluding tert-OH is 1. The van der Waals surface area contributed by atoms with Gasteiger partial charge in [-0.05, 0) is 18.6 Å². The first kappa shape index (κ1) is 9.35. The van der Waals surface area contributed by atoms with Crippen LogP contribution in [0.5, 0.6) is 0 Å². The predicted molar refractivity (Wildman–Crippen MR) is 51.1 cm³/mol. The van der Waals surface area contributed by atoms with Gasteiger partial charge in [0, 0.05) is 12.4 Å². The average Bonchev–Trinajstić information content (AvgIpc) is 2.05. The number of thioether (sulfide) groups is 1. The molecule has 0 aromatic carbocycles.